The summed E-state index contributed by atoms with van der Waals surface area (Å²) in [5.74, 6) is -10.5. The lowest BCUT2D eigenvalue weighted by Gasteiger charge is -2.14. The minimum Gasteiger partial charge on any atom is -0.478 e. The second-order valence-electron chi connectivity index (χ2n) is 4.77. The highest BCUT2D eigenvalue weighted by Crippen LogP contribution is 2.41. The fourth-order valence-electron chi connectivity index (χ4n) is 1.68. The average Bonchev–Trinajstić information content (AvgIpc) is 2.54. The van der Waals surface area contributed by atoms with Gasteiger partial charge < -0.3 is 30.1 Å². The average molecular weight is 448 g/mol. The highest BCUT2D eigenvalue weighted by molar-refractivity contribution is 7.46. The molecule has 0 spiro atoms. The number of allylic oxidation sites excluding steroid dienone is 2. The number of phosphoric acid groups is 1. The van der Waals surface area contributed by atoms with Gasteiger partial charge in [-0.1, -0.05) is 0 Å². The third kappa shape index (κ3) is 9.80. The summed E-state index contributed by atoms with van der Waals surface area (Å²) in [6.07, 6.45) is 1.70. The van der Waals surface area contributed by atoms with Crippen LogP contribution in [0.2, 0.25) is 0 Å². The molecule has 0 atom stereocenters. The molecule has 0 heterocycles. The van der Waals surface area contributed by atoms with E-state index in [9.17, 15) is 38.8 Å². The summed E-state index contributed by atoms with van der Waals surface area (Å²) in [6.45, 7) is 0. The molecule has 0 aromatic rings. The number of carboxylic acids is 5. The molecular formula is C15H13O14P. The summed E-state index contributed by atoms with van der Waals surface area (Å²) in [5, 5.41) is 44.8. The molecule has 0 aliphatic rings. The Hall–Kier alpha value is -4.00. The molecule has 0 fully saturated rings. The van der Waals surface area contributed by atoms with Gasteiger partial charge in [-0.2, -0.15) is 0 Å². The fourth-order valence-corrected chi connectivity index (χ4v) is 2.09. The van der Waals surface area contributed by atoms with E-state index in [2.05, 4.69) is 4.52 Å². The molecule has 0 aliphatic carbocycles. The predicted octanol–water partition coefficient (Wildman–Crippen LogP) is -0.262. The molecule has 0 bridgehead atoms. The molecule has 14 nitrogen and oxygen atoms in total. The standard InChI is InChI=1S/C15H13O14P/c16-10(17)4-1-7(8(14(22)23)2-5-11(18)19)13(15(24)25)9(3-6-12(20)21)29-30(26,27)28/h1-6H,(H,16,17)(H,18,19)(H,20,21)(H,22,23)(H,24,25)(H2,26,27,28). The van der Waals surface area contributed by atoms with Gasteiger partial charge in [-0.25, -0.2) is 28.5 Å². The van der Waals surface area contributed by atoms with Crippen molar-refractivity contribution < 1.29 is 68.4 Å². The van der Waals surface area contributed by atoms with Crippen LogP contribution in [0.1, 0.15) is 0 Å². The van der Waals surface area contributed by atoms with E-state index in [-0.39, 0.29) is 24.3 Å². The normalized spacial score (nSPS) is 13.8. The first kappa shape index (κ1) is 26.0. The first-order valence-electron chi connectivity index (χ1n) is 7.09. The van der Waals surface area contributed by atoms with E-state index in [4.69, 9.17) is 25.1 Å². The van der Waals surface area contributed by atoms with Crippen LogP contribution in [-0.2, 0) is 33.1 Å². The van der Waals surface area contributed by atoms with Crippen molar-refractivity contribution in [2.24, 2.45) is 0 Å². The quantitative estimate of drug-likeness (QED) is 0.0930. The zero-order valence-electron chi connectivity index (χ0n) is 14.4. The van der Waals surface area contributed by atoms with Gasteiger partial charge in [0.2, 0.25) is 0 Å². The first-order chi connectivity index (χ1) is 13.7. The van der Waals surface area contributed by atoms with Gasteiger partial charge in [-0.15, -0.1) is 0 Å². The third-order valence-corrected chi connectivity index (χ3v) is 3.06. The van der Waals surface area contributed by atoms with Crippen molar-refractivity contribution in [2.75, 3.05) is 0 Å². The number of carbonyl (C=O) groups is 5. The molecule has 0 unspecified atom stereocenters. The maximum absolute atomic E-state index is 11.7. The maximum atomic E-state index is 11.7. The number of rotatable bonds is 11. The van der Waals surface area contributed by atoms with Crippen LogP contribution < -0.4 is 0 Å². The number of hydrogen-bond acceptors (Lipinski definition) is 7. The van der Waals surface area contributed by atoms with Crippen LogP contribution in [0.3, 0.4) is 0 Å². The van der Waals surface area contributed by atoms with E-state index in [1.54, 1.807) is 0 Å². The van der Waals surface area contributed by atoms with E-state index in [1.807, 2.05) is 0 Å². The van der Waals surface area contributed by atoms with Crippen molar-refractivity contribution in [1.29, 1.82) is 0 Å². The number of aliphatic carboxylic acids is 5. The van der Waals surface area contributed by atoms with Crippen LogP contribution in [0.25, 0.3) is 0 Å². The first-order valence-corrected chi connectivity index (χ1v) is 8.62. The van der Waals surface area contributed by atoms with Gasteiger partial charge in [0.1, 0.15) is 11.3 Å². The van der Waals surface area contributed by atoms with E-state index in [1.165, 1.54) is 0 Å². The van der Waals surface area contributed by atoms with E-state index in [0.29, 0.717) is 12.2 Å². The zero-order valence-corrected chi connectivity index (χ0v) is 15.3. The lowest BCUT2D eigenvalue weighted by atomic mass is 9.97. The predicted molar refractivity (Wildman–Crippen MR) is 92.8 cm³/mol. The molecule has 0 aliphatic heterocycles. The molecule has 0 amide bonds. The Kier molecular flexibility index (Phi) is 9.63. The Labute approximate surface area is 165 Å². The molecule has 0 saturated carbocycles. The van der Waals surface area contributed by atoms with Crippen LogP contribution in [0.15, 0.2) is 58.9 Å². The fraction of sp³-hybridized carbons (Fsp3) is 0. The smallest absolute Gasteiger partial charge is 0.478 e. The second kappa shape index (κ2) is 11.1. The SMILES string of the molecule is O=C(O)C=CC(OP(=O)(O)O)=C(C(=O)O)C(C=CC(=O)O)=C(C=CC(=O)O)C(=O)O. The molecule has 15 heteroatoms. The number of hydrogen-bond donors (Lipinski definition) is 7. The van der Waals surface area contributed by atoms with Crippen LogP contribution in [0.4, 0.5) is 0 Å². The Morgan fingerprint density at radius 3 is 1.33 bits per heavy atom. The summed E-state index contributed by atoms with van der Waals surface area (Å²) >= 11 is 0. The molecule has 0 rings (SSSR count). The minimum atomic E-state index is -5.53. The summed E-state index contributed by atoms with van der Waals surface area (Å²) in [6, 6.07) is 0. The number of carboxylic acid groups (broad SMARTS) is 5. The molecule has 0 aromatic carbocycles. The van der Waals surface area contributed by atoms with E-state index in [0.717, 1.165) is 0 Å². The van der Waals surface area contributed by atoms with Crippen molar-refractivity contribution >= 4 is 37.7 Å². The van der Waals surface area contributed by atoms with Gasteiger partial charge in [0.15, 0.2) is 0 Å². The van der Waals surface area contributed by atoms with Crippen molar-refractivity contribution in [3.05, 3.63) is 58.9 Å². The Morgan fingerprint density at radius 1 is 0.600 bits per heavy atom. The van der Waals surface area contributed by atoms with E-state index < -0.39 is 60.1 Å². The second-order valence-corrected chi connectivity index (χ2v) is 5.94. The lowest BCUT2D eigenvalue weighted by Crippen LogP contribution is -2.13. The maximum Gasteiger partial charge on any atom is 0.524 e. The molecule has 30 heavy (non-hydrogen) atoms. The van der Waals surface area contributed by atoms with Crippen molar-refractivity contribution in [2.45, 2.75) is 0 Å². The molecule has 0 saturated heterocycles. The van der Waals surface area contributed by atoms with Gasteiger partial charge in [-0.3, -0.25) is 9.79 Å². The van der Waals surface area contributed by atoms with Gasteiger partial charge in [-0.05, 0) is 18.2 Å². The zero-order chi connectivity index (χ0) is 23.6. The molecular weight excluding hydrogens is 435 g/mol. The number of phosphoric ester groups is 1. The summed E-state index contributed by atoms with van der Waals surface area (Å²) in [5.41, 5.74) is -3.60. The molecule has 0 aromatic heterocycles. The van der Waals surface area contributed by atoms with Gasteiger partial charge in [0.25, 0.3) is 0 Å². The minimum absolute atomic E-state index is 0.194. The van der Waals surface area contributed by atoms with Crippen LogP contribution in [0, 0.1) is 0 Å². The van der Waals surface area contributed by atoms with Crippen molar-refractivity contribution in [3.63, 3.8) is 0 Å². The third-order valence-electron chi connectivity index (χ3n) is 2.63. The van der Waals surface area contributed by atoms with Gasteiger partial charge in [0.05, 0.1) is 5.57 Å². The topological polar surface area (TPSA) is 253 Å². The highest BCUT2D eigenvalue weighted by atomic mass is 31.2. The van der Waals surface area contributed by atoms with Gasteiger partial charge in [0, 0.05) is 23.8 Å². The largest absolute Gasteiger partial charge is 0.524 e. The van der Waals surface area contributed by atoms with Gasteiger partial charge >= 0.3 is 37.7 Å². The van der Waals surface area contributed by atoms with Crippen molar-refractivity contribution in [1.82, 2.24) is 0 Å². The molecule has 7 N–H and O–H groups in total. The summed E-state index contributed by atoms with van der Waals surface area (Å²) in [4.78, 5) is 73.2. The monoisotopic (exact) mass is 448 g/mol. The van der Waals surface area contributed by atoms with Crippen LogP contribution in [0.5, 0.6) is 0 Å². The summed E-state index contributed by atoms with van der Waals surface area (Å²) in [7, 11) is -5.53. The Balaban J connectivity index is 7.48. The van der Waals surface area contributed by atoms with E-state index >= 15 is 0 Å². The summed E-state index contributed by atoms with van der Waals surface area (Å²) < 4.78 is 15.3. The van der Waals surface area contributed by atoms with Crippen molar-refractivity contribution in [3.8, 4) is 0 Å². The molecule has 0 radical (unpaired) electrons. The van der Waals surface area contributed by atoms with Crippen LogP contribution in [-0.4, -0.2) is 65.2 Å². The molecule has 162 valence electrons. The van der Waals surface area contributed by atoms with Crippen LogP contribution >= 0.6 is 7.82 Å². The Morgan fingerprint density at radius 2 is 1.00 bits per heavy atom. The highest BCUT2D eigenvalue weighted by Gasteiger charge is 2.27. The lowest BCUT2D eigenvalue weighted by molar-refractivity contribution is -0.133. The Bertz CT molecular complexity index is 956.